The molecule has 2 N–H and O–H groups in total. The van der Waals surface area contributed by atoms with Gasteiger partial charge in [0.05, 0.1) is 12.0 Å². The maximum atomic E-state index is 12.1. The number of nitrogens with zero attached hydrogens (tertiary/aromatic N) is 1. The van der Waals surface area contributed by atoms with E-state index in [0.717, 1.165) is 12.8 Å². The Kier molecular flexibility index (Phi) is 4.32. The molecule has 0 unspecified atom stereocenters. The van der Waals surface area contributed by atoms with Crippen LogP contribution in [-0.4, -0.2) is 37.6 Å². The van der Waals surface area contributed by atoms with Crippen LogP contribution in [-0.2, 0) is 4.79 Å². The van der Waals surface area contributed by atoms with E-state index < -0.39 is 0 Å². The van der Waals surface area contributed by atoms with Gasteiger partial charge in [0.25, 0.3) is 0 Å². The smallest absolute Gasteiger partial charge is 0.229 e. The molecule has 0 spiro atoms. The Morgan fingerprint density at radius 1 is 1.53 bits per heavy atom. The molecule has 1 aliphatic carbocycles. The number of hydrogen-bond acceptors (Lipinski definition) is 3. The molecule has 104 valence electrons. The molecule has 2 rings (SSSR count). The van der Waals surface area contributed by atoms with Crippen molar-refractivity contribution in [2.75, 3.05) is 26.7 Å². The van der Waals surface area contributed by atoms with E-state index in [1.54, 1.807) is 24.1 Å². The SMILES string of the molecule is CN(CCOc1cccc(Cl)c1)C(=O)C1(CN)CC1. The summed E-state index contributed by atoms with van der Waals surface area (Å²) < 4.78 is 5.56. The second-order valence-electron chi connectivity index (χ2n) is 5.02. The number of benzene rings is 1. The fourth-order valence-electron chi connectivity index (χ4n) is 2.02. The predicted octanol–water partition coefficient (Wildman–Crippen LogP) is 1.92. The zero-order valence-electron chi connectivity index (χ0n) is 11.1. The maximum absolute atomic E-state index is 12.1. The number of ether oxygens (including phenoxy) is 1. The molecule has 1 aliphatic rings. The van der Waals surface area contributed by atoms with Crippen molar-refractivity contribution in [1.82, 2.24) is 4.90 Å². The third kappa shape index (κ3) is 3.39. The molecule has 0 atom stereocenters. The zero-order valence-corrected chi connectivity index (χ0v) is 11.8. The zero-order chi connectivity index (χ0) is 13.9. The molecular formula is C14H19ClN2O2. The summed E-state index contributed by atoms with van der Waals surface area (Å²) >= 11 is 5.87. The first-order chi connectivity index (χ1) is 9.07. The molecule has 1 aromatic rings. The lowest BCUT2D eigenvalue weighted by Crippen LogP contribution is -2.40. The van der Waals surface area contributed by atoms with E-state index in [9.17, 15) is 4.79 Å². The predicted molar refractivity (Wildman–Crippen MR) is 75.3 cm³/mol. The number of likely N-dealkylation sites (N-methyl/N-ethyl adjacent to an activating group) is 1. The largest absolute Gasteiger partial charge is 0.492 e. The van der Waals surface area contributed by atoms with Crippen LogP contribution >= 0.6 is 11.6 Å². The average Bonchev–Trinajstić information content (AvgIpc) is 3.19. The average molecular weight is 283 g/mol. The summed E-state index contributed by atoms with van der Waals surface area (Å²) in [6.45, 7) is 1.43. The number of hydrogen-bond donors (Lipinski definition) is 1. The highest BCUT2D eigenvalue weighted by atomic mass is 35.5. The first-order valence-electron chi connectivity index (χ1n) is 6.41. The number of carbonyl (C=O) groups excluding carboxylic acids is 1. The number of halogens is 1. The van der Waals surface area contributed by atoms with Gasteiger partial charge in [-0.2, -0.15) is 0 Å². The standard InChI is InChI=1S/C14H19ClN2O2/c1-17(13(18)14(10-16)5-6-14)7-8-19-12-4-2-3-11(15)9-12/h2-4,9H,5-8,10,16H2,1H3. The Labute approximate surface area is 118 Å². The molecule has 4 nitrogen and oxygen atoms in total. The van der Waals surface area contributed by atoms with Crippen molar-refractivity contribution in [2.24, 2.45) is 11.1 Å². The highest BCUT2D eigenvalue weighted by Gasteiger charge is 2.49. The molecule has 0 bridgehead atoms. The van der Waals surface area contributed by atoms with Crippen molar-refractivity contribution in [3.05, 3.63) is 29.3 Å². The fraction of sp³-hybridized carbons (Fsp3) is 0.500. The van der Waals surface area contributed by atoms with Gasteiger partial charge in [-0.1, -0.05) is 17.7 Å². The van der Waals surface area contributed by atoms with Crippen LogP contribution in [0, 0.1) is 5.41 Å². The van der Waals surface area contributed by atoms with E-state index in [-0.39, 0.29) is 11.3 Å². The number of amides is 1. The summed E-state index contributed by atoms with van der Waals surface area (Å²) in [4.78, 5) is 13.8. The topological polar surface area (TPSA) is 55.6 Å². The molecule has 0 radical (unpaired) electrons. The van der Waals surface area contributed by atoms with E-state index in [0.29, 0.717) is 30.5 Å². The highest BCUT2D eigenvalue weighted by molar-refractivity contribution is 6.30. The van der Waals surface area contributed by atoms with Gasteiger partial charge < -0.3 is 15.4 Å². The van der Waals surface area contributed by atoms with Crippen LogP contribution in [0.1, 0.15) is 12.8 Å². The van der Waals surface area contributed by atoms with Gasteiger partial charge in [-0.05, 0) is 31.0 Å². The lowest BCUT2D eigenvalue weighted by molar-refractivity contribution is -0.135. The third-order valence-corrected chi connectivity index (χ3v) is 3.77. The Morgan fingerprint density at radius 2 is 2.26 bits per heavy atom. The highest BCUT2D eigenvalue weighted by Crippen LogP contribution is 2.45. The summed E-state index contributed by atoms with van der Waals surface area (Å²) in [5.41, 5.74) is 5.36. The van der Waals surface area contributed by atoms with Crippen LogP contribution in [0.2, 0.25) is 5.02 Å². The van der Waals surface area contributed by atoms with Gasteiger partial charge in [-0.25, -0.2) is 0 Å². The van der Waals surface area contributed by atoms with E-state index in [4.69, 9.17) is 22.1 Å². The third-order valence-electron chi connectivity index (χ3n) is 3.54. The van der Waals surface area contributed by atoms with E-state index in [1.807, 2.05) is 12.1 Å². The van der Waals surface area contributed by atoms with Crippen molar-refractivity contribution in [1.29, 1.82) is 0 Å². The van der Waals surface area contributed by atoms with Crippen LogP contribution in [0.15, 0.2) is 24.3 Å². The Balaban J connectivity index is 1.78. The number of nitrogens with two attached hydrogens (primary N) is 1. The van der Waals surface area contributed by atoms with E-state index in [1.165, 1.54) is 0 Å². The first kappa shape index (κ1) is 14.2. The minimum atomic E-state index is -0.287. The molecule has 5 heteroatoms. The van der Waals surface area contributed by atoms with Gasteiger partial charge in [-0.15, -0.1) is 0 Å². The molecule has 1 aromatic carbocycles. The second kappa shape index (κ2) is 5.80. The van der Waals surface area contributed by atoms with Gasteiger partial charge in [0.1, 0.15) is 12.4 Å². The molecule has 0 aromatic heterocycles. The maximum Gasteiger partial charge on any atom is 0.229 e. The monoisotopic (exact) mass is 282 g/mol. The molecule has 0 saturated heterocycles. The van der Waals surface area contributed by atoms with Crippen molar-refractivity contribution in [2.45, 2.75) is 12.8 Å². The number of carbonyl (C=O) groups is 1. The van der Waals surface area contributed by atoms with Gasteiger partial charge in [0.2, 0.25) is 5.91 Å². The molecule has 1 amide bonds. The second-order valence-corrected chi connectivity index (χ2v) is 5.45. The van der Waals surface area contributed by atoms with E-state index >= 15 is 0 Å². The Hall–Kier alpha value is -1.26. The lowest BCUT2D eigenvalue weighted by Gasteiger charge is -2.22. The van der Waals surface area contributed by atoms with E-state index in [2.05, 4.69) is 0 Å². The summed E-state index contributed by atoms with van der Waals surface area (Å²) in [5, 5.41) is 0.641. The van der Waals surface area contributed by atoms with Crippen molar-refractivity contribution >= 4 is 17.5 Å². The van der Waals surface area contributed by atoms with Crippen LogP contribution in [0.25, 0.3) is 0 Å². The minimum absolute atomic E-state index is 0.129. The molecular weight excluding hydrogens is 264 g/mol. The summed E-state index contributed by atoms with van der Waals surface area (Å²) in [6, 6.07) is 7.23. The van der Waals surface area contributed by atoms with Crippen LogP contribution < -0.4 is 10.5 Å². The molecule has 0 heterocycles. The lowest BCUT2D eigenvalue weighted by atomic mass is 10.1. The summed E-state index contributed by atoms with van der Waals surface area (Å²) in [7, 11) is 1.79. The van der Waals surface area contributed by atoms with Crippen molar-refractivity contribution in [3.63, 3.8) is 0 Å². The first-order valence-corrected chi connectivity index (χ1v) is 6.79. The normalized spacial score (nSPS) is 15.9. The fourth-order valence-corrected chi connectivity index (χ4v) is 2.20. The van der Waals surface area contributed by atoms with Crippen LogP contribution in [0.4, 0.5) is 0 Å². The van der Waals surface area contributed by atoms with Crippen LogP contribution in [0.5, 0.6) is 5.75 Å². The Bertz CT molecular complexity index is 461. The van der Waals surface area contributed by atoms with Crippen molar-refractivity contribution < 1.29 is 9.53 Å². The van der Waals surface area contributed by atoms with Gasteiger partial charge in [0, 0.05) is 18.6 Å². The summed E-state index contributed by atoms with van der Waals surface area (Å²) in [5.74, 6) is 0.845. The van der Waals surface area contributed by atoms with Gasteiger partial charge in [-0.3, -0.25) is 4.79 Å². The molecule has 1 fully saturated rings. The number of rotatable bonds is 6. The Morgan fingerprint density at radius 3 is 2.84 bits per heavy atom. The summed E-state index contributed by atoms with van der Waals surface area (Å²) in [6.07, 6.45) is 1.81. The quantitative estimate of drug-likeness (QED) is 0.867. The molecule has 19 heavy (non-hydrogen) atoms. The molecule has 0 aliphatic heterocycles. The van der Waals surface area contributed by atoms with Crippen LogP contribution in [0.3, 0.4) is 0 Å². The molecule has 1 saturated carbocycles. The van der Waals surface area contributed by atoms with Gasteiger partial charge >= 0.3 is 0 Å². The minimum Gasteiger partial charge on any atom is -0.492 e. The van der Waals surface area contributed by atoms with Crippen molar-refractivity contribution in [3.8, 4) is 5.75 Å². The van der Waals surface area contributed by atoms with Gasteiger partial charge in [0.15, 0.2) is 0 Å².